The number of nitrogens with zero attached hydrogens (tertiary/aromatic N) is 1. The zero-order valence-corrected chi connectivity index (χ0v) is 11.6. The molecule has 0 unspecified atom stereocenters. The monoisotopic (exact) mass is 264 g/mol. The summed E-state index contributed by atoms with van der Waals surface area (Å²) >= 11 is 1.48. The van der Waals surface area contributed by atoms with Crippen LogP contribution in [0.2, 0.25) is 0 Å². The fraction of sp³-hybridized carbons (Fsp3) is 0.357. The van der Waals surface area contributed by atoms with Crippen molar-refractivity contribution >= 4 is 11.3 Å². The molecule has 96 valence electrons. The Bertz CT molecular complexity index is 555. The average Bonchev–Trinajstić information content (AvgIpc) is 2.73. The summed E-state index contributed by atoms with van der Waals surface area (Å²) in [7, 11) is 0. The van der Waals surface area contributed by atoms with Gasteiger partial charge in [-0.3, -0.25) is 0 Å². The summed E-state index contributed by atoms with van der Waals surface area (Å²) in [6.45, 7) is 6.71. The third-order valence-electron chi connectivity index (χ3n) is 2.70. The van der Waals surface area contributed by atoms with Crippen molar-refractivity contribution < 1.29 is 4.39 Å². The van der Waals surface area contributed by atoms with Crippen molar-refractivity contribution in [2.45, 2.75) is 32.7 Å². The number of thiazole rings is 1. The number of hydrogen-bond donors (Lipinski definition) is 1. The molecule has 18 heavy (non-hydrogen) atoms. The quantitative estimate of drug-likeness (QED) is 0.898. The van der Waals surface area contributed by atoms with Crippen LogP contribution in [0.4, 0.5) is 4.39 Å². The summed E-state index contributed by atoms with van der Waals surface area (Å²) in [5.74, 6) is -0.240. The molecule has 1 aromatic heterocycles. The molecule has 2 nitrogen and oxygen atoms in total. The fourth-order valence-electron chi connectivity index (χ4n) is 1.83. The lowest BCUT2D eigenvalue weighted by Crippen LogP contribution is -2.15. The van der Waals surface area contributed by atoms with E-state index in [9.17, 15) is 4.39 Å². The van der Waals surface area contributed by atoms with Gasteiger partial charge in [0.2, 0.25) is 0 Å². The molecule has 0 atom stereocenters. The predicted octanol–water partition coefficient (Wildman–Crippen LogP) is 3.71. The molecule has 0 fully saturated rings. The minimum absolute atomic E-state index is 0.0747. The first-order chi connectivity index (χ1) is 8.43. The normalized spacial score (nSPS) is 11.8. The minimum Gasteiger partial charge on any atom is -0.326 e. The largest absolute Gasteiger partial charge is 0.326 e. The van der Waals surface area contributed by atoms with Gasteiger partial charge in [0, 0.05) is 22.4 Å². The third kappa shape index (κ3) is 2.44. The second kappa shape index (κ2) is 4.78. The highest BCUT2D eigenvalue weighted by atomic mass is 32.1. The van der Waals surface area contributed by atoms with E-state index < -0.39 is 0 Å². The van der Waals surface area contributed by atoms with Crippen LogP contribution in [0.1, 0.15) is 31.3 Å². The Balaban J connectivity index is 2.55. The first kappa shape index (κ1) is 13.2. The molecule has 0 saturated carbocycles. The molecule has 4 heteroatoms. The first-order valence-corrected chi connectivity index (χ1v) is 6.70. The average molecular weight is 264 g/mol. The summed E-state index contributed by atoms with van der Waals surface area (Å²) in [4.78, 5) is 5.61. The van der Waals surface area contributed by atoms with Crippen LogP contribution in [0.15, 0.2) is 24.3 Å². The summed E-state index contributed by atoms with van der Waals surface area (Å²) in [5.41, 5.74) is 7.19. The van der Waals surface area contributed by atoms with Crippen molar-refractivity contribution in [2.24, 2.45) is 5.73 Å². The second-order valence-electron chi connectivity index (χ2n) is 5.22. The predicted molar refractivity (Wildman–Crippen MR) is 74.1 cm³/mol. The van der Waals surface area contributed by atoms with Crippen LogP contribution in [0, 0.1) is 5.82 Å². The van der Waals surface area contributed by atoms with Crippen molar-refractivity contribution in [1.29, 1.82) is 0 Å². The third-order valence-corrected chi connectivity index (χ3v) is 3.81. The van der Waals surface area contributed by atoms with Crippen molar-refractivity contribution in [2.75, 3.05) is 0 Å². The van der Waals surface area contributed by atoms with E-state index in [0.29, 0.717) is 17.1 Å². The molecule has 1 aromatic carbocycles. The van der Waals surface area contributed by atoms with Crippen LogP contribution < -0.4 is 5.73 Å². The van der Waals surface area contributed by atoms with Crippen LogP contribution >= 0.6 is 11.3 Å². The molecule has 2 rings (SSSR count). The van der Waals surface area contributed by atoms with E-state index in [0.717, 1.165) is 10.6 Å². The molecule has 0 aliphatic heterocycles. The Labute approximate surface area is 111 Å². The summed E-state index contributed by atoms with van der Waals surface area (Å²) in [6.07, 6.45) is 0. The van der Waals surface area contributed by atoms with Crippen LogP contribution in [-0.2, 0) is 12.0 Å². The maximum Gasteiger partial charge on any atom is 0.133 e. The minimum atomic E-state index is -0.240. The molecule has 0 radical (unpaired) electrons. The van der Waals surface area contributed by atoms with Gasteiger partial charge in [-0.15, -0.1) is 11.3 Å². The van der Waals surface area contributed by atoms with Gasteiger partial charge in [0.25, 0.3) is 0 Å². The van der Waals surface area contributed by atoms with E-state index in [1.165, 1.54) is 17.4 Å². The van der Waals surface area contributed by atoms with Gasteiger partial charge in [-0.1, -0.05) is 32.9 Å². The van der Waals surface area contributed by atoms with Gasteiger partial charge in [0.15, 0.2) is 0 Å². The number of rotatable bonds is 2. The van der Waals surface area contributed by atoms with E-state index in [2.05, 4.69) is 25.8 Å². The SMILES string of the molecule is CC(C)(C)c1nc(-c2ccccc2F)sc1CN. The maximum absolute atomic E-state index is 13.8. The Morgan fingerprint density at radius 2 is 1.94 bits per heavy atom. The Kier molecular flexibility index (Phi) is 3.50. The van der Waals surface area contributed by atoms with Crippen LogP contribution in [-0.4, -0.2) is 4.98 Å². The van der Waals surface area contributed by atoms with E-state index in [-0.39, 0.29) is 11.2 Å². The molecule has 2 N–H and O–H groups in total. The number of nitrogens with two attached hydrogens (primary N) is 1. The second-order valence-corrected chi connectivity index (χ2v) is 6.31. The van der Waals surface area contributed by atoms with E-state index in [1.807, 2.05) is 6.07 Å². The molecule has 0 saturated heterocycles. The molecule has 0 spiro atoms. The topological polar surface area (TPSA) is 38.9 Å². The van der Waals surface area contributed by atoms with Crippen molar-refractivity contribution in [1.82, 2.24) is 4.98 Å². The van der Waals surface area contributed by atoms with E-state index in [1.54, 1.807) is 12.1 Å². The van der Waals surface area contributed by atoms with Crippen molar-refractivity contribution in [3.63, 3.8) is 0 Å². The number of hydrogen-bond acceptors (Lipinski definition) is 3. The van der Waals surface area contributed by atoms with Gasteiger partial charge in [0.05, 0.1) is 5.69 Å². The highest BCUT2D eigenvalue weighted by Crippen LogP contribution is 2.34. The van der Waals surface area contributed by atoms with Gasteiger partial charge >= 0.3 is 0 Å². The van der Waals surface area contributed by atoms with Crippen LogP contribution in [0.3, 0.4) is 0 Å². The van der Waals surface area contributed by atoms with Crippen LogP contribution in [0.25, 0.3) is 10.6 Å². The Morgan fingerprint density at radius 3 is 2.44 bits per heavy atom. The molecular weight excluding hydrogens is 247 g/mol. The lowest BCUT2D eigenvalue weighted by atomic mass is 9.91. The maximum atomic E-state index is 13.8. The molecule has 1 heterocycles. The summed E-state index contributed by atoms with van der Waals surface area (Å²) in [5, 5.41) is 0.707. The Morgan fingerprint density at radius 1 is 1.28 bits per heavy atom. The highest BCUT2D eigenvalue weighted by Gasteiger charge is 2.23. The van der Waals surface area contributed by atoms with Gasteiger partial charge < -0.3 is 5.73 Å². The molecule has 2 aromatic rings. The van der Waals surface area contributed by atoms with Gasteiger partial charge in [-0.05, 0) is 12.1 Å². The fourth-order valence-corrected chi connectivity index (χ4v) is 3.00. The van der Waals surface area contributed by atoms with E-state index >= 15 is 0 Å². The standard InChI is InChI=1S/C14H17FN2S/c1-14(2,3)12-11(8-16)18-13(17-12)9-6-4-5-7-10(9)15/h4-7H,8,16H2,1-3H3. The molecule has 0 aliphatic carbocycles. The number of benzene rings is 1. The van der Waals surface area contributed by atoms with Crippen molar-refractivity contribution in [3.8, 4) is 10.6 Å². The highest BCUT2D eigenvalue weighted by molar-refractivity contribution is 7.15. The molecule has 0 aliphatic rings. The summed E-state index contributed by atoms with van der Waals surface area (Å²) in [6, 6.07) is 6.70. The van der Waals surface area contributed by atoms with Gasteiger partial charge in [-0.2, -0.15) is 0 Å². The van der Waals surface area contributed by atoms with E-state index in [4.69, 9.17) is 5.73 Å². The van der Waals surface area contributed by atoms with Gasteiger partial charge in [0.1, 0.15) is 10.8 Å². The first-order valence-electron chi connectivity index (χ1n) is 5.88. The molecular formula is C14H17FN2S. The van der Waals surface area contributed by atoms with Crippen LogP contribution in [0.5, 0.6) is 0 Å². The molecule has 0 amide bonds. The lowest BCUT2D eigenvalue weighted by Gasteiger charge is -2.16. The lowest BCUT2D eigenvalue weighted by molar-refractivity contribution is 0.566. The zero-order valence-electron chi connectivity index (χ0n) is 10.8. The molecule has 0 bridgehead atoms. The van der Waals surface area contributed by atoms with Crippen molar-refractivity contribution in [3.05, 3.63) is 40.7 Å². The summed E-state index contributed by atoms with van der Waals surface area (Å²) < 4.78 is 13.8. The number of aromatic nitrogens is 1. The number of halogens is 1. The zero-order chi connectivity index (χ0) is 13.3. The smallest absolute Gasteiger partial charge is 0.133 e. The Hall–Kier alpha value is -1.26. The van der Waals surface area contributed by atoms with Gasteiger partial charge in [-0.25, -0.2) is 9.37 Å².